The molecule has 0 saturated carbocycles. The molecule has 6 nitrogen and oxygen atoms in total. The van der Waals surface area contributed by atoms with Gasteiger partial charge in [0.25, 0.3) is 0 Å². The number of rotatable bonds is 8. The van der Waals surface area contributed by atoms with E-state index in [1.165, 1.54) is 6.92 Å². The number of hydrogen-bond donors (Lipinski definition) is 0. The van der Waals surface area contributed by atoms with E-state index < -0.39 is 5.97 Å². The third kappa shape index (κ3) is 5.20. The van der Waals surface area contributed by atoms with Gasteiger partial charge in [-0.15, -0.1) is 0 Å². The number of Topliss-reactive ketones (excluding diaryl/α,β-unsaturated/α-hetero) is 1. The first-order valence-electron chi connectivity index (χ1n) is 9.13. The van der Waals surface area contributed by atoms with E-state index in [1.807, 2.05) is 19.1 Å². The molecule has 8 heteroatoms. The summed E-state index contributed by atoms with van der Waals surface area (Å²) in [6.07, 6.45) is 0. The molecule has 0 fully saturated rings. The minimum absolute atomic E-state index is 0.000881. The van der Waals surface area contributed by atoms with Crippen LogP contribution >= 0.6 is 23.2 Å². The molecule has 1 heterocycles. The van der Waals surface area contributed by atoms with Gasteiger partial charge in [-0.05, 0) is 44.2 Å². The van der Waals surface area contributed by atoms with Gasteiger partial charge in [-0.25, -0.2) is 9.78 Å². The Morgan fingerprint density at radius 3 is 2.53 bits per heavy atom. The van der Waals surface area contributed by atoms with Gasteiger partial charge < -0.3 is 14.2 Å². The first-order chi connectivity index (χ1) is 14.4. The fourth-order valence-corrected chi connectivity index (χ4v) is 3.36. The number of ketones is 1. The number of pyridine rings is 1. The van der Waals surface area contributed by atoms with E-state index in [1.54, 1.807) is 30.3 Å². The highest BCUT2D eigenvalue weighted by Gasteiger charge is 2.15. The second-order valence-corrected chi connectivity index (χ2v) is 7.24. The van der Waals surface area contributed by atoms with Crippen LogP contribution in [0.3, 0.4) is 0 Å². The molecule has 156 valence electrons. The zero-order chi connectivity index (χ0) is 21.7. The van der Waals surface area contributed by atoms with Crippen molar-refractivity contribution in [3.8, 4) is 11.5 Å². The molecule has 1 aromatic heterocycles. The second-order valence-electron chi connectivity index (χ2n) is 6.43. The molecule has 0 amide bonds. The SMILES string of the molecule is CC(=O)c1ccccc1OCCOC(=O)COc1c(Cl)cc(Cl)c2ccc(C)nc12. The van der Waals surface area contributed by atoms with Crippen molar-refractivity contribution in [3.63, 3.8) is 0 Å². The Kier molecular flexibility index (Phi) is 7.13. The molecule has 0 aliphatic carbocycles. The van der Waals surface area contributed by atoms with Crippen LogP contribution in [0.1, 0.15) is 23.0 Å². The van der Waals surface area contributed by atoms with Crippen LogP contribution in [-0.4, -0.2) is 36.6 Å². The Labute approximate surface area is 183 Å². The van der Waals surface area contributed by atoms with Crippen LogP contribution in [0.25, 0.3) is 10.9 Å². The number of nitrogens with zero attached hydrogens (tertiary/aromatic N) is 1. The molecule has 0 bridgehead atoms. The lowest BCUT2D eigenvalue weighted by molar-refractivity contribution is -0.146. The Morgan fingerprint density at radius 2 is 1.77 bits per heavy atom. The summed E-state index contributed by atoms with van der Waals surface area (Å²) in [6, 6.07) is 12.1. The highest BCUT2D eigenvalue weighted by molar-refractivity contribution is 6.39. The van der Waals surface area contributed by atoms with Gasteiger partial charge in [0.05, 0.1) is 15.6 Å². The molecule has 0 spiro atoms. The molecule has 0 radical (unpaired) electrons. The van der Waals surface area contributed by atoms with Crippen molar-refractivity contribution in [1.82, 2.24) is 4.98 Å². The van der Waals surface area contributed by atoms with Gasteiger partial charge in [0, 0.05) is 11.1 Å². The van der Waals surface area contributed by atoms with Crippen molar-refractivity contribution >= 4 is 45.9 Å². The minimum atomic E-state index is -0.592. The summed E-state index contributed by atoms with van der Waals surface area (Å²) in [7, 11) is 0. The minimum Gasteiger partial charge on any atom is -0.489 e. The van der Waals surface area contributed by atoms with E-state index in [9.17, 15) is 9.59 Å². The second kappa shape index (κ2) is 9.78. The van der Waals surface area contributed by atoms with Crippen LogP contribution in [-0.2, 0) is 9.53 Å². The van der Waals surface area contributed by atoms with E-state index in [0.29, 0.717) is 27.2 Å². The third-order valence-corrected chi connectivity index (χ3v) is 4.78. The summed E-state index contributed by atoms with van der Waals surface area (Å²) in [5.41, 5.74) is 1.71. The summed E-state index contributed by atoms with van der Waals surface area (Å²) in [6.45, 7) is 3.04. The standard InChI is InChI=1S/C22H19Cl2NO5/c1-13-7-8-16-17(23)11-18(24)22(21(16)25-13)30-12-20(27)29-10-9-28-19-6-4-3-5-15(19)14(2)26/h3-8,11H,9-10,12H2,1-2H3. The molecular formula is C22H19Cl2NO5. The highest BCUT2D eigenvalue weighted by atomic mass is 35.5. The van der Waals surface area contributed by atoms with Crippen LogP contribution < -0.4 is 9.47 Å². The predicted molar refractivity (Wildman–Crippen MR) is 115 cm³/mol. The smallest absolute Gasteiger partial charge is 0.344 e. The molecule has 30 heavy (non-hydrogen) atoms. The Balaban J connectivity index is 1.56. The number of aromatic nitrogens is 1. The third-order valence-electron chi connectivity index (χ3n) is 4.18. The van der Waals surface area contributed by atoms with Crippen molar-refractivity contribution in [2.75, 3.05) is 19.8 Å². The van der Waals surface area contributed by atoms with Crippen LogP contribution in [0.5, 0.6) is 11.5 Å². The number of fused-ring (bicyclic) bond motifs is 1. The zero-order valence-corrected chi connectivity index (χ0v) is 17.9. The maximum Gasteiger partial charge on any atom is 0.344 e. The normalized spacial score (nSPS) is 10.7. The number of carbonyl (C=O) groups is 2. The van der Waals surface area contributed by atoms with Crippen molar-refractivity contribution in [3.05, 3.63) is 63.8 Å². The number of halogens is 2. The van der Waals surface area contributed by atoms with Crippen LogP contribution in [0, 0.1) is 6.92 Å². The number of aryl methyl sites for hydroxylation is 1. The largest absolute Gasteiger partial charge is 0.489 e. The fraction of sp³-hybridized carbons (Fsp3) is 0.227. The molecule has 0 N–H and O–H groups in total. The van der Waals surface area contributed by atoms with Crippen LogP contribution in [0.4, 0.5) is 0 Å². The summed E-state index contributed by atoms with van der Waals surface area (Å²) >= 11 is 12.4. The van der Waals surface area contributed by atoms with Gasteiger partial charge >= 0.3 is 5.97 Å². The number of hydrogen-bond acceptors (Lipinski definition) is 6. The Morgan fingerprint density at radius 1 is 1.00 bits per heavy atom. The van der Waals surface area contributed by atoms with Crippen molar-refractivity contribution in [1.29, 1.82) is 0 Å². The molecule has 0 aliphatic rings. The highest BCUT2D eigenvalue weighted by Crippen LogP contribution is 2.37. The van der Waals surface area contributed by atoms with Gasteiger partial charge in [-0.3, -0.25) is 4.79 Å². The predicted octanol–water partition coefficient (Wildman–Crippen LogP) is 5.05. The van der Waals surface area contributed by atoms with Crippen molar-refractivity contribution < 1.29 is 23.8 Å². The van der Waals surface area contributed by atoms with E-state index in [2.05, 4.69) is 4.98 Å². The Bertz CT molecular complexity index is 1100. The first kappa shape index (κ1) is 21.9. The number of ether oxygens (including phenoxy) is 3. The van der Waals surface area contributed by atoms with Crippen LogP contribution in [0.2, 0.25) is 10.0 Å². The van der Waals surface area contributed by atoms with Gasteiger partial charge in [0.2, 0.25) is 0 Å². The maximum atomic E-state index is 12.0. The number of benzene rings is 2. The lowest BCUT2D eigenvalue weighted by Gasteiger charge is -2.13. The van der Waals surface area contributed by atoms with E-state index in [4.69, 9.17) is 37.4 Å². The van der Waals surface area contributed by atoms with Crippen LogP contribution in [0.15, 0.2) is 42.5 Å². The first-order valence-corrected chi connectivity index (χ1v) is 9.89. The molecule has 3 rings (SSSR count). The molecule has 0 unspecified atom stereocenters. The lowest BCUT2D eigenvalue weighted by atomic mass is 10.1. The summed E-state index contributed by atoms with van der Waals surface area (Å²) in [5, 5.41) is 1.37. The van der Waals surface area contributed by atoms with Crippen molar-refractivity contribution in [2.45, 2.75) is 13.8 Å². The Hall–Kier alpha value is -2.83. The molecule has 0 saturated heterocycles. The van der Waals surface area contributed by atoms with Gasteiger partial charge in [0.15, 0.2) is 18.1 Å². The van der Waals surface area contributed by atoms with Gasteiger partial charge in [-0.2, -0.15) is 0 Å². The van der Waals surface area contributed by atoms with Gasteiger partial charge in [0.1, 0.15) is 24.5 Å². The van der Waals surface area contributed by atoms with E-state index >= 15 is 0 Å². The summed E-state index contributed by atoms with van der Waals surface area (Å²) in [5.74, 6) is 0.0127. The zero-order valence-electron chi connectivity index (χ0n) is 16.4. The molecule has 0 aliphatic heterocycles. The number of esters is 1. The molecule has 2 aromatic carbocycles. The average molecular weight is 448 g/mol. The molecule has 3 aromatic rings. The lowest BCUT2D eigenvalue weighted by Crippen LogP contribution is -2.19. The van der Waals surface area contributed by atoms with Gasteiger partial charge in [-0.1, -0.05) is 35.3 Å². The quantitative estimate of drug-likeness (QED) is 0.273. The van der Waals surface area contributed by atoms with Crippen molar-refractivity contribution in [2.24, 2.45) is 0 Å². The van der Waals surface area contributed by atoms with E-state index in [-0.39, 0.29) is 36.4 Å². The number of carbonyl (C=O) groups excluding carboxylic acids is 2. The molecular weight excluding hydrogens is 429 g/mol. The summed E-state index contributed by atoms with van der Waals surface area (Å²) < 4.78 is 16.2. The average Bonchev–Trinajstić information content (AvgIpc) is 2.71. The van der Waals surface area contributed by atoms with E-state index in [0.717, 1.165) is 5.69 Å². The maximum absolute atomic E-state index is 12.0. The molecule has 0 atom stereocenters. The summed E-state index contributed by atoms with van der Waals surface area (Å²) in [4.78, 5) is 28.0. The number of para-hydroxylation sites is 1. The topological polar surface area (TPSA) is 74.7 Å². The fourth-order valence-electron chi connectivity index (χ4n) is 2.79. The monoisotopic (exact) mass is 447 g/mol.